The van der Waals surface area contributed by atoms with E-state index in [4.69, 9.17) is 0 Å². The normalized spacial score (nSPS) is 11.3. The molecule has 0 bridgehead atoms. The van der Waals surface area contributed by atoms with Crippen molar-refractivity contribution in [1.82, 2.24) is 0 Å². The molecule has 0 aromatic heterocycles. The van der Waals surface area contributed by atoms with Crippen molar-refractivity contribution in [2.45, 2.75) is 12.6 Å². The summed E-state index contributed by atoms with van der Waals surface area (Å²) in [5.74, 6) is -3.56. The van der Waals surface area contributed by atoms with Gasteiger partial charge >= 0.3 is 6.18 Å². The van der Waals surface area contributed by atoms with Gasteiger partial charge in [-0.25, -0.2) is 4.39 Å². The van der Waals surface area contributed by atoms with Crippen molar-refractivity contribution in [3.05, 3.63) is 0 Å². The van der Waals surface area contributed by atoms with Gasteiger partial charge in [-0.2, -0.15) is 13.2 Å². The number of carbonyl (C=O) groups is 2. The molecule has 2 nitrogen and oxygen atoms in total. The molecular weight excluding hydrogens is 168 g/mol. The number of hydrogen-bond donors (Lipinski definition) is 0. The summed E-state index contributed by atoms with van der Waals surface area (Å²) in [5.41, 5.74) is 0. The molecule has 0 aliphatic carbocycles. The van der Waals surface area contributed by atoms with Crippen LogP contribution >= 0.6 is 0 Å². The van der Waals surface area contributed by atoms with E-state index in [-0.39, 0.29) is 0 Å². The molecule has 0 heterocycles. The number of halogens is 4. The van der Waals surface area contributed by atoms with Crippen molar-refractivity contribution < 1.29 is 27.2 Å². The maximum absolute atomic E-state index is 11.3. The minimum Gasteiger partial charge on any atom is -0.296 e. The molecule has 0 unspecified atom stereocenters. The first-order valence-corrected chi connectivity index (χ1v) is 2.55. The van der Waals surface area contributed by atoms with Gasteiger partial charge in [-0.1, -0.05) is 0 Å². The number of ketones is 2. The predicted octanol–water partition coefficient (Wildman–Crippen LogP) is 1.05. The van der Waals surface area contributed by atoms with Crippen molar-refractivity contribution in [3.63, 3.8) is 0 Å². The quantitative estimate of drug-likeness (QED) is 0.471. The highest BCUT2D eigenvalue weighted by atomic mass is 19.4. The van der Waals surface area contributed by atoms with Crippen LogP contribution in [0.4, 0.5) is 17.6 Å². The molecular formula is C5H4F4O2. The minimum absolute atomic E-state index is 1.35. The first-order valence-electron chi connectivity index (χ1n) is 2.55. The maximum Gasteiger partial charge on any atom is 0.450 e. The summed E-state index contributed by atoms with van der Waals surface area (Å²) < 4.78 is 45.2. The fourth-order valence-electron chi connectivity index (χ4n) is 0.327. The molecule has 0 aliphatic rings. The van der Waals surface area contributed by atoms with E-state index in [1.54, 1.807) is 0 Å². The molecule has 0 aromatic carbocycles. The van der Waals surface area contributed by atoms with Gasteiger partial charge < -0.3 is 0 Å². The Morgan fingerprint density at radius 2 is 1.64 bits per heavy atom. The van der Waals surface area contributed by atoms with Crippen LogP contribution < -0.4 is 0 Å². The largest absolute Gasteiger partial charge is 0.450 e. The molecule has 0 saturated carbocycles. The van der Waals surface area contributed by atoms with Gasteiger partial charge in [0.2, 0.25) is 5.78 Å². The number of carbonyl (C=O) groups excluding carboxylic acids is 2. The van der Waals surface area contributed by atoms with E-state index in [9.17, 15) is 27.2 Å². The lowest BCUT2D eigenvalue weighted by Gasteiger charge is -2.01. The average molecular weight is 172 g/mol. The summed E-state index contributed by atoms with van der Waals surface area (Å²) >= 11 is 0. The molecule has 0 aliphatic heterocycles. The van der Waals surface area contributed by atoms with E-state index in [0.29, 0.717) is 0 Å². The Morgan fingerprint density at radius 1 is 1.18 bits per heavy atom. The third-order valence-corrected chi connectivity index (χ3v) is 0.823. The summed E-state index contributed by atoms with van der Waals surface area (Å²) in [4.78, 5) is 19.9. The van der Waals surface area contributed by atoms with E-state index >= 15 is 0 Å². The molecule has 0 radical (unpaired) electrons. The van der Waals surface area contributed by atoms with Crippen LogP contribution in [0.15, 0.2) is 0 Å². The Kier molecular flexibility index (Phi) is 3.16. The Balaban J connectivity index is 3.99. The molecule has 0 aromatic rings. The van der Waals surface area contributed by atoms with Crippen LogP contribution in [0.2, 0.25) is 0 Å². The molecule has 6 heteroatoms. The average Bonchev–Trinajstić information content (AvgIpc) is 1.85. The zero-order valence-electron chi connectivity index (χ0n) is 5.24. The van der Waals surface area contributed by atoms with Gasteiger partial charge in [-0.3, -0.25) is 9.59 Å². The van der Waals surface area contributed by atoms with Gasteiger partial charge in [-0.15, -0.1) is 0 Å². The molecule has 0 rings (SSSR count). The van der Waals surface area contributed by atoms with Crippen LogP contribution in [0.3, 0.4) is 0 Å². The third kappa shape index (κ3) is 3.69. The van der Waals surface area contributed by atoms with Crippen molar-refractivity contribution in [1.29, 1.82) is 0 Å². The molecule has 0 spiro atoms. The second-order valence-electron chi connectivity index (χ2n) is 1.77. The molecule has 0 N–H and O–H groups in total. The summed E-state index contributed by atoms with van der Waals surface area (Å²) in [7, 11) is 0. The van der Waals surface area contributed by atoms with Crippen LogP contribution in [0.1, 0.15) is 6.42 Å². The summed E-state index contributed by atoms with van der Waals surface area (Å²) in [5, 5.41) is 0. The van der Waals surface area contributed by atoms with Crippen molar-refractivity contribution in [3.8, 4) is 0 Å². The summed E-state index contributed by atoms with van der Waals surface area (Å²) in [6, 6.07) is 0. The van der Waals surface area contributed by atoms with Gasteiger partial charge in [0.25, 0.3) is 0 Å². The zero-order chi connectivity index (χ0) is 9.07. The van der Waals surface area contributed by atoms with E-state index in [1.807, 2.05) is 0 Å². The standard InChI is InChI=1S/C5H4F4O2/c6-2-3(10)1-4(11)5(7,8)9/h1-2H2. The molecule has 0 amide bonds. The molecule has 11 heavy (non-hydrogen) atoms. The van der Waals surface area contributed by atoms with Crippen molar-refractivity contribution in [2.75, 3.05) is 6.67 Å². The monoisotopic (exact) mass is 172 g/mol. The highest BCUT2D eigenvalue weighted by molar-refractivity contribution is 6.01. The van der Waals surface area contributed by atoms with Gasteiger partial charge in [-0.05, 0) is 0 Å². The fourth-order valence-corrected chi connectivity index (χ4v) is 0.327. The molecule has 0 fully saturated rings. The smallest absolute Gasteiger partial charge is 0.296 e. The van der Waals surface area contributed by atoms with Crippen molar-refractivity contribution in [2.24, 2.45) is 0 Å². The zero-order valence-corrected chi connectivity index (χ0v) is 5.24. The van der Waals surface area contributed by atoms with Crippen molar-refractivity contribution >= 4 is 11.6 Å². The summed E-state index contributed by atoms with van der Waals surface area (Å²) in [6.07, 6.45) is -6.44. The van der Waals surface area contributed by atoms with E-state index in [0.717, 1.165) is 0 Å². The van der Waals surface area contributed by atoms with Crippen LogP contribution in [0.25, 0.3) is 0 Å². The lowest BCUT2D eigenvalue weighted by Crippen LogP contribution is -2.25. The molecule has 0 atom stereocenters. The van der Waals surface area contributed by atoms with Crippen LogP contribution in [-0.4, -0.2) is 24.4 Å². The Bertz CT molecular complexity index is 172. The van der Waals surface area contributed by atoms with E-state index in [1.165, 1.54) is 0 Å². The highest BCUT2D eigenvalue weighted by Crippen LogP contribution is 2.17. The van der Waals surface area contributed by atoms with E-state index in [2.05, 4.69) is 0 Å². The lowest BCUT2D eigenvalue weighted by atomic mass is 10.2. The molecule has 64 valence electrons. The van der Waals surface area contributed by atoms with Gasteiger partial charge in [0.15, 0.2) is 5.78 Å². The fraction of sp³-hybridized carbons (Fsp3) is 0.600. The third-order valence-electron chi connectivity index (χ3n) is 0.823. The SMILES string of the molecule is O=C(CF)CC(=O)C(F)(F)F. The van der Waals surface area contributed by atoms with Gasteiger partial charge in [0, 0.05) is 0 Å². The van der Waals surface area contributed by atoms with Gasteiger partial charge in [0.05, 0.1) is 6.42 Å². The number of Topliss-reactive ketones (excluding diaryl/α,β-unsaturated/α-hetero) is 2. The second-order valence-corrected chi connectivity index (χ2v) is 1.77. The Labute approximate surface area is 59.2 Å². The van der Waals surface area contributed by atoms with Crippen LogP contribution in [0, 0.1) is 0 Å². The first-order chi connectivity index (χ1) is 4.88. The van der Waals surface area contributed by atoms with Crippen LogP contribution in [-0.2, 0) is 9.59 Å². The second kappa shape index (κ2) is 3.45. The predicted molar refractivity (Wildman–Crippen MR) is 26.7 cm³/mol. The van der Waals surface area contributed by atoms with E-state index < -0.39 is 30.8 Å². The Hall–Kier alpha value is -0.940. The topological polar surface area (TPSA) is 34.1 Å². The number of rotatable bonds is 3. The number of hydrogen-bond acceptors (Lipinski definition) is 2. The summed E-state index contributed by atoms with van der Waals surface area (Å²) in [6.45, 7) is -1.54. The van der Waals surface area contributed by atoms with Gasteiger partial charge in [0.1, 0.15) is 6.67 Å². The maximum atomic E-state index is 11.3. The first kappa shape index (κ1) is 10.1. The molecule has 0 saturated heterocycles. The lowest BCUT2D eigenvalue weighted by molar-refractivity contribution is -0.171. The number of alkyl halides is 4. The minimum atomic E-state index is -5.04. The van der Waals surface area contributed by atoms with Crippen LogP contribution in [0.5, 0.6) is 0 Å². The highest BCUT2D eigenvalue weighted by Gasteiger charge is 2.38. The Morgan fingerprint density at radius 3 is 1.91 bits per heavy atom.